The number of pyridine rings is 1. The van der Waals surface area contributed by atoms with Crippen LogP contribution < -0.4 is 20.3 Å². The van der Waals surface area contributed by atoms with E-state index in [0.29, 0.717) is 38.8 Å². The van der Waals surface area contributed by atoms with Gasteiger partial charge in [0.25, 0.3) is 5.91 Å². The molecule has 0 unspecified atom stereocenters. The highest BCUT2D eigenvalue weighted by atomic mass is 35.5. The molecule has 1 saturated heterocycles. The summed E-state index contributed by atoms with van der Waals surface area (Å²) in [5.74, 6) is 0.399. The van der Waals surface area contributed by atoms with Crippen molar-refractivity contribution in [2.75, 3.05) is 23.3 Å². The van der Waals surface area contributed by atoms with E-state index in [4.69, 9.17) is 27.9 Å². The third-order valence-electron chi connectivity index (χ3n) is 5.91. The van der Waals surface area contributed by atoms with Gasteiger partial charge in [-0.2, -0.15) is 0 Å². The number of thiazole rings is 1. The van der Waals surface area contributed by atoms with Crippen molar-refractivity contribution in [1.29, 1.82) is 0 Å². The van der Waals surface area contributed by atoms with Gasteiger partial charge in [-0.25, -0.2) is 9.97 Å². The van der Waals surface area contributed by atoms with E-state index < -0.39 is 0 Å². The number of carbonyl (C=O) groups excluding carboxylic acids is 2. The molecule has 4 rings (SSSR count). The van der Waals surface area contributed by atoms with E-state index in [1.807, 2.05) is 37.3 Å². The van der Waals surface area contributed by atoms with Gasteiger partial charge in [0.15, 0.2) is 5.13 Å². The van der Waals surface area contributed by atoms with Crippen molar-refractivity contribution in [3.8, 4) is 5.75 Å². The Morgan fingerprint density at radius 2 is 2.00 bits per heavy atom. The van der Waals surface area contributed by atoms with Crippen LogP contribution in [-0.4, -0.2) is 41.0 Å². The summed E-state index contributed by atoms with van der Waals surface area (Å²) in [6, 6.07) is 9.34. The molecule has 3 aromatic rings. The van der Waals surface area contributed by atoms with Crippen LogP contribution >= 0.6 is 34.5 Å². The molecular weight excluding hydrogens is 521 g/mol. The van der Waals surface area contributed by atoms with Gasteiger partial charge in [0.1, 0.15) is 26.9 Å². The molecular formula is C25H27Cl2N5O3S. The summed E-state index contributed by atoms with van der Waals surface area (Å²) in [6.07, 6.45) is 2.88. The minimum atomic E-state index is -0.226. The summed E-state index contributed by atoms with van der Waals surface area (Å²) in [6.45, 7) is 6.95. The average molecular weight is 548 g/mol. The molecule has 190 valence electrons. The van der Waals surface area contributed by atoms with E-state index in [9.17, 15) is 9.59 Å². The quantitative estimate of drug-likeness (QED) is 0.353. The highest BCUT2D eigenvalue weighted by Gasteiger charge is 2.26. The van der Waals surface area contributed by atoms with Crippen molar-refractivity contribution in [1.82, 2.24) is 15.3 Å². The van der Waals surface area contributed by atoms with Gasteiger partial charge in [0.2, 0.25) is 5.91 Å². The predicted molar refractivity (Wildman–Crippen MR) is 144 cm³/mol. The molecule has 2 aromatic heterocycles. The molecule has 36 heavy (non-hydrogen) atoms. The third-order valence-corrected chi connectivity index (χ3v) is 7.74. The van der Waals surface area contributed by atoms with E-state index in [0.717, 1.165) is 30.0 Å². The zero-order valence-corrected chi connectivity index (χ0v) is 22.5. The highest BCUT2D eigenvalue weighted by molar-refractivity contribution is 7.17. The van der Waals surface area contributed by atoms with Gasteiger partial charge in [-0.3, -0.25) is 9.59 Å². The Kier molecular flexibility index (Phi) is 8.33. The largest absolute Gasteiger partial charge is 0.489 e. The van der Waals surface area contributed by atoms with Crippen molar-refractivity contribution in [2.24, 2.45) is 0 Å². The van der Waals surface area contributed by atoms with E-state index in [1.54, 1.807) is 20.0 Å². The lowest BCUT2D eigenvalue weighted by atomic mass is 10.1. The smallest absolute Gasteiger partial charge is 0.263 e. The first kappa shape index (κ1) is 26.2. The first-order valence-electron chi connectivity index (χ1n) is 11.6. The first-order valence-corrected chi connectivity index (χ1v) is 13.2. The van der Waals surface area contributed by atoms with Gasteiger partial charge in [-0.15, -0.1) is 0 Å². The van der Waals surface area contributed by atoms with Crippen LogP contribution in [0.25, 0.3) is 0 Å². The molecule has 3 heterocycles. The molecule has 0 bridgehead atoms. The standard InChI is InChI=1S/C25H27Cl2N5O3S/c1-4-20(33)31-25-30-15(3)22(36-25)24(34)29-14(2)16-5-7-17(8-6-16)35-18-10-12-32(13-18)19-9-11-28-23(27)21(19)26/h5-9,11,14,18H,4,10,12-13H2,1-3H3,(H,29,34)(H,30,31,33)/t14-,18+/m0/s1. The van der Waals surface area contributed by atoms with E-state index in [2.05, 4.69) is 25.5 Å². The van der Waals surface area contributed by atoms with Crippen LogP contribution in [0.5, 0.6) is 5.75 Å². The van der Waals surface area contributed by atoms with Crippen LogP contribution in [-0.2, 0) is 4.79 Å². The molecule has 0 saturated carbocycles. The molecule has 1 aliphatic rings. The minimum absolute atomic E-state index is 0.0210. The number of hydrogen-bond donors (Lipinski definition) is 2. The number of aryl methyl sites for hydroxylation is 1. The fourth-order valence-electron chi connectivity index (χ4n) is 3.94. The van der Waals surface area contributed by atoms with Gasteiger partial charge in [-0.1, -0.05) is 53.6 Å². The van der Waals surface area contributed by atoms with Gasteiger partial charge >= 0.3 is 0 Å². The van der Waals surface area contributed by atoms with Gasteiger partial charge in [0, 0.05) is 25.6 Å². The van der Waals surface area contributed by atoms with Gasteiger partial charge in [0.05, 0.1) is 24.0 Å². The number of nitrogens with zero attached hydrogens (tertiary/aromatic N) is 3. The number of nitrogens with one attached hydrogen (secondary N) is 2. The predicted octanol–water partition coefficient (Wildman–Crippen LogP) is 5.65. The van der Waals surface area contributed by atoms with E-state index >= 15 is 0 Å². The van der Waals surface area contributed by atoms with E-state index in [-0.39, 0.29) is 24.0 Å². The Labute approximate surface area is 224 Å². The molecule has 8 nitrogen and oxygen atoms in total. The number of benzene rings is 1. The summed E-state index contributed by atoms with van der Waals surface area (Å²) >= 11 is 13.5. The average Bonchev–Trinajstić information content (AvgIpc) is 3.47. The minimum Gasteiger partial charge on any atom is -0.489 e. The van der Waals surface area contributed by atoms with Crippen LogP contribution in [0.4, 0.5) is 10.8 Å². The number of rotatable bonds is 8. The second-order valence-corrected chi connectivity index (χ2v) is 10.2. The van der Waals surface area contributed by atoms with Crippen molar-refractivity contribution in [2.45, 2.75) is 45.8 Å². The number of halogens is 2. The molecule has 1 aliphatic heterocycles. The van der Waals surface area contributed by atoms with Crippen LogP contribution in [0.2, 0.25) is 10.2 Å². The van der Waals surface area contributed by atoms with Crippen LogP contribution in [0.3, 0.4) is 0 Å². The molecule has 2 atom stereocenters. The number of aromatic nitrogens is 2. The number of ether oxygens (including phenoxy) is 1. The Morgan fingerprint density at radius 1 is 1.25 bits per heavy atom. The second-order valence-electron chi connectivity index (χ2n) is 8.51. The lowest BCUT2D eigenvalue weighted by Crippen LogP contribution is -2.26. The van der Waals surface area contributed by atoms with Gasteiger partial charge in [-0.05, 0) is 37.6 Å². The van der Waals surface area contributed by atoms with Crippen LogP contribution in [0.1, 0.15) is 53.7 Å². The first-order chi connectivity index (χ1) is 17.2. The van der Waals surface area contributed by atoms with Crippen LogP contribution in [0, 0.1) is 6.92 Å². The Hall–Kier alpha value is -2.88. The summed E-state index contributed by atoms with van der Waals surface area (Å²) in [5, 5.41) is 6.88. The molecule has 2 amide bonds. The second kappa shape index (κ2) is 11.5. The van der Waals surface area contributed by atoms with Crippen molar-refractivity contribution in [3.05, 3.63) is 62.8 Å². The number of carbonyl (C=O) groups is 2. The Bertz CT molecular complexity index is 1250. The molecule has 2 N–H and O–H groups in total. The molecule has 1 aromatic carbocycles. The lowest BCUT2D eigenvalue weighted by Gasteiger charge is -2.20. The number of hydrogen-bond acceptors (Lipinski definition) is 7. The molecule has 1 fully saturated rings. The van der Waals surface area contributed by atoms with Gasteiger partial charge < -0.3 is 20.3 Å². The number of anilines is 2. The third kappa shape index (κ3) is 6.08. The SMILES string of the molecule is CCC(=O)Nc1nc(C)c(C(=O)N[C@@H](C)c2ccc(O[C@@H]3CCN(c4ccnc(Cl)c4Cl)C3)cc2)s1. The van der Waals surface area contributed by atoms with Crippen molar-refractivity contribution in [3.63, 3.8) is 0 Å². The van der Waals surface area contributed by atoms with Crippen molar-refractivity contribution >= 4 is 57.2 Å². The molecule has 0 aliphatic carbocycles. The fourth-order valence-corrected chi connectivity index (χ4v) is 5.21. The van der Waals surface area contributed by atoms with E-state index in [1.165, 1.54) is 11.3 Å². The summed E-state index contributed by atoms with van der Waals surface area (Å²) < 4.78 is 6.18. The normalized spacial score (nSPS) is 16.0. The maximum Gasteiger partial charge on any atom is 0.263 e. The summed E-state index contributed by atoms with van der Waals surface area (Å²) in [5.41, 5.74) is 2.39. The maximum atomic E-state index is 12.8. The lowest BCUT2D eigenvalue weighted by molar-refractivity contribution is -0.115. The number of amides is 2. The monoisotopic (exact) mass is 547 g/mol. The maximum absolute atomic E-state index is 12.8. The topological polar surface area (TPSA) is 96.5 Å². The summed E-state index contributed by atoms with van der Waals surface area (Å²) in [4.78, 5) is 35.3. The van der Waals surface area contributed by atoms with Crippen LogP contribution in [0.15, 0.2) is 36.5 Å². The zero-order valence-electron chi connectivity index (χ0n) is 20.2. The zero-order chi connectivity index (χ0) is 25.8. The Morgan fingerprint density at radius 3 is 2.72 bits per heavy atom. The fraction of sp³-hybridized carbons (Fsp3) is 0.360. The molecule has 0 spiro atoms. The molecule has 11 heteroatoms. The van der Waals surface area contributed by atoms with Crippen molar-refractivity contribution < 1.29 is 14.3 Å². The highest BCUT2D eigenvalue weighted by Crippen LogP contribution is 2.33. The Balaban J connectivity index is 1.33. The summed E-state index contributed by atoms with van der Waals surface area (Å²) in [7, 11) is 0. The molecule has 0 radical (unpaired) electrons.